The van der Waals surface area contributed by atoms with E-state index in [9.17, 15) is 12.8 Å². The van der Waals surface area contributed by atoms with Crippen molar-refractivity contribution >= 4 is 15.9 Å². The van der Waals surface area contributed by atoms with Gasteiger partial charge >= 0.3 is 6.01 Å². The van der Waals surface area contributed by atoms with Gasteiger partial charge in [0.15, 0.2) is 33.0 Å². The van der Waals surface area contributed by atoms with Gasteiger partial charge in [0, 0.05) is 25.3 Å². The number of aromatic nitrogens is 4. The summed E-state index contributed by atoms with van der Waals surface area (Å²) in [7, 11) is -3.48. The number of rotatable bonds is 6. The Bertz CT molecular complexity index is 1170. The Balaban J connectivity index is 1.38. The van der Waals surface area contributed by atoms with E-state index in [-0.39, 0.29) is 22.6 Å². The van der Waals surface area contributed by atoms with Crippen LogP contribution in [0.3, 0.4) is 0 Å². The second kappa shape index (κ2) is 8.29. The largest absolute Gasteiger partial charge is 0.451 e. The summed E-state index contributed by atoms with van der Waals surface area (Å²) in [6.07, 6.45) is 5.92. The Kier molecular flexibility index (Phi) is 5.69. The van der Waals surface area contributed by atoms with Crippen molar-refractivity contribution in [3.8, 4) is 11.5 Å². The monoisotopic (exact) mass is 449 g/mol. The smallest absolute Gasteiger partial charge is 0.324 e. The molecule has 31 heavy (non-hydrogen) atoms. The van der Waals surface area contributed by atoms with Crippen LogP contribution in [0, 0.1) is 5.82 Å². The molecule has 0 aliphatic carbocycles. The molecule has 1 saturated heterocycles. The Morgan fingerprint density at radius 3 is 2.61 bits per heavy atom. The van der Waals surface area contributed by atoms with Crippen LogP contribution in [-0.4, -0.2) is 47.7 Å². The van der Waals surface area contributed by atoms with E-state index in [0.29, 0.717) is 17.6 Å². The minimum atomic E-state index is -3.48. The molecule has 166 valence electrons. The molecular weight excluding hydrogens is 425 g/mol. The summed E-state index contributed by atoms with van der Waals surface area (Å²) in [4.78, 5) is 6.41. The normalized spacial score (nSPS) is 15.6. The number of halogens is 1. The van der Waals surface area contributed by atoms with Gasteiger partial charge in [0.1, 0.15) is 0 Å². The van der Waals surface area contributed by atoms with Crippen molar-refractivity contribution in [1.82, 2.24) is 19.9 Å². The second-order valence-corrected chi connectivity index (χ2v) is 9.95. The molecule has 11 heteroatoms. The molecule has 0 amide bonds. The molecule has 1 aliphatic rings. The highest BCUT2D eigenvalue weighted by molar-refractivity contribution is 7.90. The van der Waals surface area contributed by atoms with Gasteiger partial charge in [-0.05, 0) is 31.0 Å². The van der Waals surface area contributed by atoms with E-state index in [0.717, 1.165) is 38.3 Å². The lowest BCUT2D eigenvalue weighted by molar-refractivity contribution is 0.340. The minimum absolute atomic E-state index is 0.0564. The van der Waals surface area contributed by atoms with E-state index < -0.39 is 15.7 Å². The topological polar surface area (TPSA) is 103 Å². The molecule has 1 aliphatic heterocycles. The van der Waals surface area contributed by atoms with Gasteiger partial charge in [-0.15, -0.1) is 0 Å². The first kappa shape index (κ1) is 21.3. The highest BCUT2D eigenvalue weighted by atomic mass is 32.2. The van der Waals surface area contributed by atoms with Crippen molar-refractivity contribution in [2.24, 2.45) is 0 Å². The third-order valence-corrected chi connectivity index (χ3v) is 6.30. The van der Waals surface area contributed by atoms with Crippen LogP contribution in [0.25, 0.3) is 0 Å². The highest BCUT2D eigenvalue weighted by Gasteiger charge is 2.25. The van der Waals surface area contributed by atoms with Gasteiger partial charge in [0.05, 0.1) is 23.3 Å². The number of piperidine rings is 1. The molecule has 0 spiro atoms. The SMILES string of the molecule is CC(C)c1noc(N2CCC(n3cc(Oc4ccc(S(C)(=O)=O)cc4F)cn3)CC2)n1. The number of nitrogens with zero attached hydrogens (tertiary/aromatic N) is 5. The molecular formula is C20H24FN5O4S. The summed E-state index contributed by atoms with van der Waals surface area (Å²) < 4.78 is 50.1. The Morgan fingerprint density at radius 2 is 2.00 bits per heavy atom. The summed E-state index contributed by atoms with van der Waals surface area (Å²) in [5, 5.41) is 8.36. The third kappa shape index (κ3) is 4.71. The van der Waals surface area contributed by atoms with Crippen molar-refractivity contribution in [3.05, 3.63) is 42.2 Å². The quantitative estimate of drug-likeness (QED) is 0.563. The van der Waals surface area contributed by atoms with Gasteiger partial charge in [-0.2, -0.15) is 10.1 Å². The average molecular weight is 450 g/mol. The summed E-state index contributed by atoms with van der Waals surface area (Å²) in [6.45, 7) is 5.54. The van der Waals surface area contributed by atoms with Gasteiger partial charge in [0.2, 0.25) is 0 Å². The predicted molar refractivity (Wildman–Crippen MR) is 111 cm³/mol. The molecule has 9 nitrogen and oxygen atoms in total. The molecule has 1 aromatic carbocycles. The zero-order valence-corrected chi connectivity index (χ0v) is 18.3. The van der Waals surface area contributed by atoms with Crippen LogP contribution in [0.15, 0.2) is 40.0 Å². The maximum atomic E-state index is 14.2. The molecule has 0 saturated carbocycles. The van der Waals surface area contributed by atoms with Crippen LogP contribution in [0.4, 0.5) is 10.4 Å². The van der Waals surface area contributed by atoms with Crippen molar-refractivity contribution in [2.45, 2.75) is 43.5 Å². The first-order valence-electron chi connectivity index (χ1n) is 10.0. The Hall–Kier alpha value is -2.95. The van der Waals surface area contributed by atoms with Gasteiger partial charge < -0.3 is 14.2 Å². The fourth-order valence-electron chi connectivity index (χ4n) is 3.41. The van der Waals surface area contributed by atoms with Crippen molar-refractivity contribution < 1.29 is 22.1 Å². The lowest BCUT2D eigenvalue weighted by Gasteiger charge is -2.30. The van der Waals surface area contributed by atoms with Crippen LogP contribution >= 0.6 is 0 Å². The first-order valence-corrected chi connectivity index (χ1v) is 11.9. The van der Waals surface area contributed by atoms with Gasteiger partial charge in [0.25, 0.3) is 0 Å². The molecule has 1 fully saturated rings. The van der Waals surface area contributed by atoms with Crippen LogP contribution in [0.5, 0.6) is 11.5 Å². The maximum Gasteiger partial charge on any atom is 0.324 e. The Labute approximate surface area is 179 Å². The van der Waals surface area contributed by atoms with Crippen molar-refractivity contribution in [2.75, 3.05) is 24.2 Å². The van der Waals surface area contributed by atoms with E-state index in [4.69, 9.17) is 9.26 Å². The molecule has 3 heterocycles. The average Bonchev–Trinajstić information content (AvgIpc) is 3.39. The fourth-order valence-corrected chi connectivity index (χ4v) is 4.04. The number of sulfone groups is 1. The van der Waals surface area contributed by atoms with E-state index in [2.05, 4.69) is 20.1 Å². The number of anilines is 1. The van der Waals surface area contributed by atoms with Crippen molar-refractivity contribution in [1.29, 1.82) is 0 Å². The number of hydrogen-bond acceptors (Lipinski definition) is 8. The summed E-state index contributed by atoms with van der Waals surface area (Å²) in [5.41, 5.74) is 0. The predicted octanol–water partition coefficient (Wildman–Crippen LogP) is 3.57. The molecule has 4 rings (SSSR count). The van der Waals surface area contributed by atoms with E-state index in [1.807, 2.05) is 18.5 Å². The highest BCUT2D eigenvalue weighted by Crippen LogP contribution is 2.30. The van der Waals surface area contributed by atoms with Gasteiger partial charge in [-0.1, -0.05) is 19.0 Å². The maximum absolute atomic E-state index is 14.2. The first-order chi connectivity index (χ1) is 14.7. The molecule has 0 radical (unpaired) electrons. The molecule has 3 aromatic rings. The van der Waals surface area contributed by atoms with Crippen molar-refractivity contribution in [3.63, 3.8) is 0 Å². The fraction of sp³-hybridized carbons (Fsp3) is 0.450. The lowest BCUT2D eigenvalue weighted by Crippen LogP contribution is -2.35. The zero-order chi connectivity index (χ0) is 22.2. The van der Waals surface area contributed by atoms with Gasteiger partial charge in [-0.3, -0.25) is 4.68 Å². The Morgan fingerprint density at radius 1 is 1.26 bits per heavy atom. The standard InChI is InChI=1S/C20H24FN5O4S/c1-13(2)19-23-20(30-24-19)25-8-6-14(7-9-25)26-12-15(11-22-26)29-18-5-4-16(10-17(18)21)31(3,27)28/h4-5,10-14H,6-9H2,1-3H3. The van der Waals surface area contributed by atoms with Crippen LogP contribution < -0.4 is 9.64 Å². The van der Waals surface area contributed by atoms with Crippen LogP contribution in [-0.2, 0) is 9.84 Å². The van der Waals surface area contributed by atoms with Crippen LogP contribution in [0.2, 0.25) is 0 Å². The molecule has 0 unspecified atom stereocenters. The van der Waals surface area contributed by atoms with E-state index in [1.165, 1.54) is 18.3 Å². The molecule has 0 atom stereocenters. The summed E-state index contributed by atoms with van der Waals surface area (Å²) >= 11 is 0. The number of benzene rings is 1. The molecule has 0 N–H and O–H groups in total. The zero-order valence-electron chi connectivity index (χ0n) is 17.5. The van der Waals surface area contributed by atoms with E-state index >= 15 is 0 Å². The summed E-state index contributed by atoms with van der Waals surface area (Å²) in [6, 6.07) is 4.28. The third-order valence-electron chi connectivity index (χ3n) is 5.19. The minimum Gasteiger partial charge on any atom is -0.451 e. The van der Waals surface area contributed by atoms with Crippen LogP contribution in [0.1, 0.15) is 44.5 Å². The number of ether oxygens (including phenoxy) is 1. The second-order valence-electron chi connectivity index (χ2n) is 7.93. The molecule has 0 bridgehead atoms. The molecule has 2 aromatic heterocycles. The van der Waals surface area contributed by atoms with Gasteiger partial charge in [-0.25, -0.2) is 12.8 Å². The van der Waals surface area contributed by atoms with E-state index in [1.54, 1.807) is 6.20 Å². The number of hydrogen-bond donors (Lipinski definition) is 0. The lowest BCUT2D eigenvalue weighted by atomic mass is 10.1. The summed E-state index contributed by atoms with van der Waals surface area (Å²) in [5.74, 6) is 0.489.